The predicted octanol–water partition coefficient (Wildman–Crippen LogP) is 1.38. The maximum Gasteiger partial charge on any atom is 0.305 e. The third-order valence-corrected chi connectivity index (χ3v) is 2.01. The SMILES string of the molecule is CCN(CCC(=O)O)c1ccncc1. The van der Waals surface area contributed by atoms with Gasteiger partial charge in [0.2, 0.25) is 0 Å². The van der Waals surface area contributed by atoms with Gasteiger partial charge in [-0.1, -0.05) is 0 Å². The molecule has 0 aromatic carbocycles. The van der Waals surface area contributed by atoms with E-state index in [0.29, 0.717) is 6.54 Å². The highest BCUT2D eigenvalue weighted by Crippen LogP contribution is 2.11. The van der Waals surface area contributed by atoms with Gasteiger partial charge < -0.3 is 10.0 Å². The van der Waals surface area contributed by atoms with Crippen LogP contribution in [0.25, 0.3) is 0 Å². The van der Waals surface area contributed by atoms with Crippen molar-refractivity contribution in [1.82, 2.24) is 4.98 Å². The van der Waals surface area contributed by atoms with Gasteiger partial charge >= 0.3 is 5.97 Å². The molecule has 1 heterocycles. The number of rotatable bonds is 5. The van der Waals surface area contributed by atoms with E-state index in [-0.39, 0.29) is 6.42 Å². The molecule has 0 bridgehead atoms. The van der Waals surface area contributed by atoms with Gasteiger partial charge in [-0.05, 0) is 19.1 Å². The van der Waals surface area contributed by atoms with Crippen LogP contribution in [0.3, 0.4) is 0 Å². The molecule has 1 aromatic rings. The fourth-order valence-corrected chi connectivity index (χ4v) is 1.26. The van der Waals surface area contributed by atoms with Crippen molar-refractivity contribution >= 4 is 11.7 Å². The van der Waals surface area contributed by atoms with Crippen molar-refractivity contribution < 1.29 is 9.90 Å². The van der Waals surface area contributed by atoms with Crippen LogP contribution in [-0.4, -0.2) is 29.1 Å². The Balaban J connectivity index is 2.58. The minimum atomic E-state index is -0.766. The second kappa shape index (κ2) is 5.21. The van der Waals surface area contributed by atoms with Gasteiger partial charge in [-0.25, -0.2) is 0 Å². The van der Waals surface area contributed by atoms with Crippen molar-refractivity contribution in [1.29, 1.82) is 0 Å². The molecule has 0 unspecified atom stereocenters. The minimum Gasteiger partial charge on any atom is -0.481 e. The first-order valence-electron chi connectivity index (χ1n) is 4.60. The Morgan fingerprint density at radius 2 is 2.14 bits per heavy atom. The first-order chi connectivity index (χ1) is 6.74. The molecule has 1 rings (SSSR count). The molecule has 0 atom stereocenters. The van der Waals surface area contributed by atoms with Crippen molar-refractivity contribution in [3.05, 3.63) is 24.5 Å². The molecule has 76 valence electrons. The molecule has 0 radical (unpaired) electrons. The van der Waals surface area contributed by atoms with E-state index in [1.807, 2.05) is 24.0 Å². The lowest BCUT2D eigenvalue weighted by molar-refractivity contribution is -0.136. The number of carboxylic acids is 1. The molecular weight excluding hydrogens is 180 g/mol. The van der Waals surface area contributed by atoms with Gasteiger partial charge in [0, 0.05) is 31.2 Å². The number of aliphatic carboxylic acids is 1. The summed E-state index contributed by atoms with van der Waals surface area (Å²) in [7, 11) is 0. The highest BCUT2D eigenvalue weighted by molar-refractivity contribution is 5.67. The van der Waals surface area contributed by atoms with Crippen LogP contribution in [0.4, 0.5) is 5.69 Å². The van der Waals surface area contributed by atoms with Crippen LogP contribution < -0.4 is 4.90 Å². The maximum absolute atomic E-state index is 10.4. The van der Waals surface area contributed by atoms with Crippen molar-refractivity contribution in [3.8, 4) is 0 Å². The number of carboxylic acid groups (broad SMARTS) is 1. The topological polar surface area (TPSA) is 53.4 Å². The minimum absolute atomic E-state index is 0.163. The van der Waals surface area contributed by atoms with Gasteiger partial charge in [0.05, 0.1) is 6.42 Å². The maximum atomic E-state index is 10.4. The molecule has 0 saturated carbocycles. The van der Waals surface area contributed by atoms with E-state index in [1.165, 1.54) is 0 Å². The summed E-state index contributed by atoms with van der Waals surface area (Å²) in [6.07, 6.45) is 3.58. The van der Waals surface area contributed by atoms with Gasteiger partial charge in [-0.15, -0.1) is 0 Å². The molecule has 1 aromatic heterocycles. The van der Waals surface area contributed by atoms with E-state index in [9.17, 15) is 4.79 Å². The van der Waals surface area contributed by atoms with Gasteiger partial charge in [0.1, 0.15) is 0 Å². The number of hydrogen-bond acceptors (Lipinski definition) is 3. The first kappa shape index (κ1) is 10.5. The Kier molecular flexibility index (Phi) is 3.91. The fourth-order valence-electron chi connectivity index (χ4n) is 1.26. The Bertz CT molecular complexity index is 287. The average molecular weight is 194 g/mol. The lowest BCUT2D eigenvalue weighted by atomic mass is 10.3. The summed E-state index contributed by atoms with van der Waals surface area (Å²) in [4.78, 5) is 16.3. The summed E-state index contributed by atoms with van der Waals surface area (Å²) in [5.74, 6) is -0.766. The smallest absolute Gasteiger partial charge is 0.305 e. The van der Waals surface area contributed by atoms with Crippen LogP contribution in [-0.2, 0) is 4.79 Å². The Morgan fingerprint density at radius 1 is 1.50 bits per heavy atom. The average Bonchev–Trinajstić information content (AvgIpc) is 2.20. The number of aromatic nitrogens is 1. The number of hydrogen-bond donors (Lipinski definition) is 1. The monoisotopic (exact) mass is 194 g/mol. The second-order valence-corrected chi connectivity index (χ2v) is 2.93. The lowest BCUT2D eigenvalue weighted by Gasteiger charge is -2.21. The largest absolute Gasteiger partial charge is 0.481 e. The molecule has 4 heteroatoms. The van der Waals surface area contributed by atoms with Crippen molar-refractivity contribution in [2.24, 2.45) is 0 Å². The van der Waals surface area contributed by atoms with Gasteiger partial charge in [0.15, 0.2) is 0 Å². The lowest BCUT2D eigenvalue weighted by Crippen LogP contribution is -2.25. The molecule has 0 aliphatic carbocycles. The summed E-state index contributed by atoms with van der Waals surface area (Å²) < 4.78 is 0. The fraction of sp³-hybridized carbons (Fsp3) is 0.400. The highest BCUT2D eigenvalue weighted by atomic mass is 16.4. The van der Waals surface area contributed by atoms with E-state index >= 15 is 0 Å². The molecule has 14 heavy (non-hydrogen) atoms. The van der Waals surface area contributed by atoms with Crippen molar-refractivity contribution in [2.45, 2.75) is 13.3 Å². The van der Waals surface area contributed by atoms with E-state index in [0.717, 1.165) is 12.2 Å². The van der Waals surface area contributed by atoms with E-state index in [2.05, 4.69) is 4.98 Å². The molecular formula is C10H14N2O2. The molecule has 0 fully saturated rings. The summed E-state index contributed by atoms with van der Waals surface area (Å²) >= 11 is 0. The van der Waals surface area contributed by atoms with Crippen LogP contribution >= 0.6 is 0 Å². The number of nitrogens with zero attached hydrogens (tertiary/aromatic N) is 2. The zero-order valence-corrected chi connectivity index (χ0v) is 8.18. The van der Waals surface area contributed by atoms with E-state index in [1.54, 1.807) is 12.4 Å². The highest BCUT2D eigenvalue weighted by Gasteiger charge is 2.05. The van der Waals surface area contributed by atoms with Gasteiger partial charge in [0.25, 0.3) is 0 Å². The van der Waals surface area contributed by atoms with Crippen LogP contribution in [0, 0.1) is 0 Å². The van der Waals surface area contributed by atoms with Crippen LogP contribution in [0.1, 0.15) is 13.3 Å². The Morgan fingerprint density at radius 3 is 2.64 bits per heavy atom. The standard InChI is InChI=1S/C10H14N2O2/c1-2-12(8-5-10(13)14)9-3-6-11-7-4-9/h3-4,6-7H,2,5,8H2,1H3,(H,13,14). The zero-order valence-electron chi connectivity index (χ0n) is 8.18. The summed E-state index contributed by atoms with van der Waals surface area (Å²) in [6.45, 7) is 3.34. The van der Waals surface area contributed by atoms with Gasteiger partial charge in [-0.3, -0.25) is 9.78 Å². The van der Waals surface area contributed by atoms with E-state index in [4.69, 9.17) is 5.11 Å². The van der Waals surface area contributed by atoms with Crippen LogP contribution in [0.15, 0.2) is 24.5 Å². The number of carbonyl (C=O) groups is 1. The third kappa shape index (κ3) is 3.05. The summed E-state index contributed by atoms with van der Waals surface area (Å²) in [5.41, 5.74) is 1.02. The second-order valence-electron chi connectivity index (χ2n) is 2.93. The van der Waals surface area contributed by atoms with E-state index < -0.39 is 5.97 Å². The molecule has 1 N–H and O–H groups in total. The van der Waals surface area contributed by atoms with Crippen LogP contribution in [0.5, 0.6) is 0 Å². The first-order valence-corrected chi connectivity index (χ1v) is 4.60. The van der Waals surface area contributed by atoms with Gasteiger partial charge in [-0.2, -0.15) is 0 Å². The Labute approximate surface area is 83.2 Å². The summed E-state index contributed by atoms with van der Waals surface area (Å²) in [6, 6.07) is 3.76. The van der Waals surface area contributed by atoms with Crippen LogP contribution in [0.2, 0.25) is 0 Å². The Hall–Kier alpha value is -1.58. The van der Waals surface area contributed by atoms with Crippen molar-refractivity contribution in [3.63, 3.8) is 0 Å². The number of anilines is 1. The molecule has 0 aliphatic rings. The molecule has 0 amide bonds. The molecule has 4 nitrogen and oxygen atoms in total. The molecule has 0 aliphatic heterocycles. The zero-order chi connectivity index (χ0) is 10.4. The number of pyridine rings is 1. The molecule has 0 spiro atoms. The predicted molar refractivity (Wildman–Crippen MR) is 54.4 cm³/mol. The third-order valence-electron chi connectivity index (χ3n) is 2.01. The summed E-state index contributed by atoms with van der Waals surface area (Å²) in [5, 5.41) is 8.57. The normalized spacial score (nSPS) is 9.79. The van der Waals surface area contributed by atoms with Crippen molar-refractivity contribution in [2.75, 3.05) is 18.0 Å². The quantitative estimate of drug-likeness (QED) is 0.769. The molecule has 0 saturated heterocycles.